The zero-order chi connectivity index (χ0) is 23.1. The molecule has 0 spiro atoms. The Bertz CT molecular complexity index is 1620. The summed E-state index contributed by atoms with van der Waals surface area (Å²) in [6.45, 7) is 0. The third-order valence-electron chi connectivity index (χ3n) is 5.70. The molecule has 0 aliphatic carbocycles. The number of hydrogen-bond donors (Lipinski definition) is 0. The lowest BCUT2D eigenvalue weighted by molar-refractivity contribution is 0.669. The molecule has 6 rings (SSSR count). The summed E-state index contributed by atoms with van der Waals surface area (Å²) in [7, 11) is 0. The van der Waals surface area contributed by atoms with Gasteiger partial charge in [0, 0.05) is 25.3 Å². The summed E-state index contributed by atoms with van der Waals surface area (Å²) >= 11 is 0. The summed E-state index contributed by atoms with van der Waals surface area (Å²) in [5, 5.41) is 1.85. The monoisotopic (exact) mass is 413 g/mol. The van der Waals surface area contributed by atoms with Crippen molar-refractivity contribution in [3.8, 4) is 22.4 Å². The van der Waals surface area contributed by atoms with Gasteiger partial charge in [0.1, 0.15) is 11.2 Å². The van der Waals surface area contributed by atoms with Gasteiger partial charge in [-0.05, 0) is 59.0 Å². The van der Waals surface area contributed by atoms with Gasteiger partial charge in [0.05, 0.1) is 5.69 Å². The van der Waals surface area contributed by atoms with Gasteiger partial charge in [-0.25, -0.2) is 0 Å². The summed E-state index contributed by atoms with van der Waals surface area (Å²) in [5.74, 6) is 0. The third kappa shape index (κ3) is 3.36. The number of fused-ring (bicyclic) bond motifs is 3. The number of rotatable bonds is 4. The summed E-state index contributed by atoms with van der Waals surface area (Å²) in [6.07, 6.45) is 0.216. The Balaban J connectivity index is 1.49. The van der Waals surface area contributed by atoms with Crippen LogP contribution in [0.2, 0.25) is 0 Å². The largest absolute Gasteiger partial charge is 0.455 e. The van der Waals surface area contributed by atoms with Gasteiger partial charge in [-0.3, -0.25) is 4.98 Å². The SMILES string of the molecule is [2H]C([2H])(c1ccccc1)c1ccc2oc3c(-c4cc(-c5ccccc5)ccn4)cccc3c2c1. The van der Waals surface area contributed by atoms with Crippen LogP contribution in [0.1, 0.15) is 13.9 Å². The molecular formula is C30H21NO. The van der Waals surface area contributed by atoms with Gasteiger partial charge in [0.25, 0.3) is 0 Å². The van der Waals surface area contributed by atoms with Crippen molar-refractivity contribution in [2.45, 2.75) is 6.37 Å². The minimum Gasteiger partial charge on any atom is -0.455 e. The highest BCUT2D eigenvalue weighted by Crippen LogP contribution is 2.36. The lowest BCUT2D eigenvalue weighted by Crippen LogP contribution is -1.87. The van der Waals surface area contributed by atoms with Crippen LogP contribution >= 0.6 is 0 Å². The number of benzene rings is 4. The van der Waals surface area contributed by atoms with Crippen LogP contribution in [0, 0.1) is 0 Å². The molecule has 6 aromatic rings. The van der Waals surface area contributed by atoms with E-state index in [1.54, 1.807) is 0 Å². The molecule has 0 aliphatic rings. The maximum atomic E-state index is 8.75. The molecule has 0 unspecified atom stereocenters. The molecule has 2 heteroatoms. The minimum atomic E-state index is -1.61. The van der Waals surface area contributed by atoms with Crippen LogP contribution < -0.4 is 0 Å². The molecule has 0 radical (unpaired) electrons. The van der Waals surface area contributed by atoms with Crippen molar-refractivity contribution in [2.24, 2.45) is 0 Å². The van der Waals surface area contributed by atoms with Gasteiger partial charge in [-0.1, -0.05) is 78.9 Å². The lowest BCUT2D eigenvalue weighted by atomic mass is 10.0. The van der Waals surface area contributed by atoms with Crippen LogP contribution in [-0.4, -0.2) is 4.98 Å². The van der Waals surface area contributed by atoms with Crippen molar-refractivity contribution >= 4 is 21.9 Å². The molecule has 2 heterocycles. The molecule has 0 N–H and O–H groups in total. The van der Waals surface area contributed by atoms with E-state index in [9.17, 15) is 0 Å². The molecule has 0 aliphatic heterocycles. The van der Waals surface area contributed by atoms with Crippen molar-refractivity contribution < 1.29 is 7.16 Å². The van der Waals surface area contributed by atoms with Crippen LogP contribution in [0.3, 0.4) is 0 Å². The van der Waals surface area contributed by atoms with E-state index < -0.39 is 6.37 Å². The normalized spacial score (nSPS) is 12.6. The summed E-state index contributed by atoms with van der Waals surface area (Å²) in [6, 6.07) is 35.2. The second-order valence-corrected chi connectivity index (χ2v) is 7.78. The van der Waals surface area contributed by atoms with Gasteiger partial charge >= 0.3 is 0 Å². The van der Waals surface area contributed by atoms with Crippen LogP contribution in [0.15, 0.2) is 120 Å². The average Bonchev–Trinajstić information content (AvgIpc) is 3.28. The van der Waals surface area contributed by atoms with E-state index in [1.165, 1.54) is 0 Å². The second kappa shape index (κ2) is 7.82. The number of nitrogens with zero attached hydrogens (tertiary/aromatic N) is 1. The molecule has 0 saturated heterocycles. The van der Waals surface area contributed by atoms with Gasteiger partial charge in [-0.2, -0.15) is 0 Å². The van der Waals surface area contributed by atoms with Crippen LogP contribution in [0.4, 0.5) is 0 Å². The first-order chi connectivity index (χ1) is 16.6. The first-order valence-corrected chi connectivity index (χ1v) is 10.6. The molecule has 0 atom stereocenters. The van der Waals surface area contributed by atoms with Crippen LogP contribution in [-0.2, 0) is 6.37 Å². The van der Waals surface area contributed by atoms with E-state index in [0.717, 1.165) is 44.3 Å². The van der Waals surface area contributed by atoms with Crippen LogP contribution in [0.5, 0.6) is 0 Å². The quantitative estimate of drug-likeness (QED) is 0.293. The molecule has 0 bridgehead atoms. The topological polar surface area (TPSA) is 26.0 Å². The summed E-state index contributed by atoms with van der Waals surface area (Å²) in [4.78, 5) is 4.63. The van der Waals surface area contributed by atoms with Gasteiger partial charge in [0.15, 0.2) is 0 Å². The van der Waals surface area contributed by atoms with E-state index in [-0.39, 0.29) is 0 Å². The summed E-state index contributed by atoms with van der Waals surface area (Å²) < 4.78 is 23.8. The molecule has 152 valence electrons. The fraction of sp³-hybridized carbons (Fsp3) is 0.0333. The van der Waals surface area contributed by atoms with Gasteiger partial charge in [-0.15, -0.1) is 0 Å². The molecule has 0 fully saturated rings. The lowest BCUT2D eigenvalue weighted by Gasteiger charge is -2.06. The van der Waals surface area contributed by atoms with E-state index in [4.69, 9.17) is 7.16 Å². The highest BCUT2D eigenvalue weighted by molar-refractivity contribution is 6.09. The number of furan rings is 1. The maximum absolute atomic E-state index is 8.75. The predicted molar refractivity (Wildman–Crippen MR) is 132 cm³/mol. The zero-order valence-electron chi connectivity index (χ0n) is 19.3. The first-order valence-electron chi connectivity index (χ1n) is 11.6. The highest BCUT2D eigenvalue weighted by Gasteiger charge is 2.14. The van der Waals surface area contributed by atoms with Crippen molar-refractivity contribution in [3.05, 3.63) is 127 Å². The Morgan fingerprint density at radius 2 is 1.47 bits per heavy atom. The van der Waals surface area contributed by atoms with Crippen LogP contribution in [0.25, 0.3) is 44.3 Å². The van der Waals surface area contributed by atoms with Crippen molar-refractivity contribution in [3.63, 3.8) is 0 Å². The van der Waals surface area contributed by atoms with Gasteiger partial charge < -0.3 is 4.42 Å². The Labute approximate surface area is 189 Å². The van der Waals surface area contributed by atoms with E-state index in [0.29, 0.717) is 11.1 Å². The first kappa shape index (κ1) is 16.5. The number of para-hydroxylation sites is 1. The smallest absolute Gasteiger partial charge is 0.144 e. The standard InChI is InChI=1S/C30H21NO/c1-3-8-21(9-4-1)18-22-14-15-29-27(19-22)25-12-7-13-26(30(25)32-29)28-20-24(16-17-31-28)23-10-5-2-6-11-23/h1-17,19-20H,18H2/i18D2. The van der Waals surface area contributed by atoms with E-state index in [1.807, 2.05) is 97.2 Å². The molecule has 2 nitrogen and oxygen atoms in total. The van der Waals surface area contributed by atoms with E-state index in [2.05, 4.69) is 23.2 Å². The number of pyridine rings is 1. The third-order valence-corrected chi connectivity index (χ3v) is 5.70. The zero-order valence-corrected chi connectivity index (χ0v) is 17.3. The molecule has 0 saturated carbocycles. The predicted octanol–water partition coefficient (Wildman–Crippen LogP) is 7.91. The number of hydrogen-bond acceptors (Lipinski definition) is 2. The second-order valence-electron chi connectivity index (χ2n) is 7.78. The fourth-order valence-electron chi connectivity index (χ4n) is 4.15. The number of aromatic nitrogens is 1. The van der Waals surface area contributed by atoms with Crippen molar-refractivity contribution in [1.82, 2.24) is 4.98 Å². The Hall–Kier alpha value is -4.17. The maximum Gasteiger partial charge on any atom is 0.144 e. The fourth-order valence-corrected chi connectivity index (χ4v) is 4.15. The molecule has 0 amide bonds. The highest BCUT2D eigenvalue weighted by atomic mass is 16.3. The molecule has 4 aromatic carbocycles. The Morgan fingerprint density at radius 3 is 2.31 bits per heavy atom. The van der Waals surface area contributed by atoms with Gasteiger partial charge in [0.2, 0.25) is 0 Å². The minimum absolute atomic E-state index is 0.600. The molecule has 32 heavy (non-hydrogen) atoms. The van der Waals surface area contributed by atoms with Crippen molar-refractivity contribution in [2.75, 3.05) is 0 Å². The van der Waals surface area contributed by atoms with E-state index >= 15 is 0 Å². The molecule has 2 aromatic heterocycles. The Morgan fingerprint density at radius 1 is 0.656 bits per heavy atom. The molecular weight excluding hydrogens is 390 g/mol. The average molecular weight is 414 g/mol. The summed E-state index contributed by atoms with van der Waals surface area (Å²) in [5.41, 5.74) is 6.70. The Kier molecular flexibility index (Phi) is 4.04. The van der Waals surface area contributed by atoms with Crippen molar-refractivity contribution in [1.29, 1.82) is 0 Å².